The van der Waals surface area contributed by atoms with Gasteiger partial charge in [0.1, 0.15) is 5.38 Å². The molecule has 0 heterocycles. The first-order valence-electron chi connectivity index (χ1n) is 3.76. The first kappa shape index (κ1) is 10.4. The van der Waals surface area contributed by atoms with E-state index in [1.165, 1.54) is 0 Å². The minimum Gasteiger partial charge on any atom is -0.358 e. The maximum Gasteiger partial charge on any atom is 0.242 e. The summed E-state index contributed by atoms with van der Waals surface area (Å²) in [6, 6.07) is 6.87. The van der Waals surface area contributed by atoms with Crippen molar-refractivity contribution in [3.8, 4) is 0 Å². The Balaban J connectivity index is 2.83. The Morgan fingerprint density at radius 1 is 1.38 bits per heavy atom. The van der Waals surface area contributed by atoms with E-state index in [-0.39, 0.29) is 5.91 Å². The predicted octanol–water partition coefficient (Wildman–Crippen LogP) is 2.37. The van der Waals surface area contributed by atoms with Crippen molar-refractivity contribution in [1.29, 1.82) is 0 Å². The zero-order chi connectivity index (χ0) is 9.84. The van der Waals surface area contributed by atoms with Crippen LogP contribution < -0.4 is 5.32 Å². The van der Waals surface area contributed by atoms with Crippen LogP contribution in [0.2, 0.25) is 5.02 Å². The largest absolute Gasteiger partial charge is 0.358 e. The van der Waals surface area contributed by atoms with E-state index < -0.39 is 5.38 Å². The molecular weight excluding hydrogens is 209 g/mol. The standard InChI is InChI=1S/C9H9Cl2NO/c1-12-9(13)8(11)6-2-4-7(10)5-3-6/h2-5,8H,1H3,(H,12,13). The van der Waals surface area contributed by atoms with Crippen molar-refractivity contribution in [2.45, 2.75) is 5.38 Å². The fraction of sp³-hybridized carbons (Fsp3) is 0.222. The minimum absolute atomic E-state index is 0.219. The highest BCUT2D eigenvalue weighted by atomic mass is 35.5. The quantitative estimate of drug-likeness (QED) is 0.758. The van der Waals surface area contributed by atoms with E-state index in [2.05, 4.69) is 5.32 Å². The molecule has 0 spiro atoms. The number of hydrogen-bond donors (Lipinski definition) is 1. The highest BCUT2D eigenvalue weighted by molar-refractivity contribution is 6.31. The molecule has 1 aromatic rings. The minimum atomic E-state index is -0.651. The number of carbonyl (C=O) groups excluding carboxylic acids is 1. The summed E-state index contributed by atoms with van der Waals surface area (Å²) < 4.78 is 0. The third-order valence-corrected chi connectivity index (χ3v) is 2.34. The predicted molar refractivity (Wildman–Crippen MR) is 54.1 cm³/mol. The van der Waals surface area contributed by atoms with Gasteiger partial charge in [-0.05, 0) is 17.7 Å². The summed E-state index contributed by atoms with van der Waals surface area (Å²) in [5.41, 5.74) is 0.741. The van der Waals surface area contributed by atoms with Gasteiger partial charge in [0.05, 0.1) is 0 Å². The Bertz CT molecular complexity index is 297. The van der Waals surface area contributed by atoms with Crippen LogP contribution in [0.5, 0.6) is 0 Å². The lowest BCUT2D eigenvalue weighted by atomic mass is 10.1. The van der Waals surface area contributed by atoms with Crippen molar-refractivity contribution in [2.24, 2.45) is 0 Å². The lowest BCUT2D eigenvalue weighted by Crippen LogP contribution is -2.22. The monoisotopic (exact) mass is 217 g/mol. The maximum atomic E-state index is 11.1. The molecule has 0 bridgehead atoms. The van der Waals surface area contributed by atoms with E-state index in [1.807, 2.05) is 0 Å². The van der Waals surface area contributed by atoms with Gasteiger partial charge in [-0.3, -0.25) is 4.79 Å². The van der Waals surface area contributed by atoms with E-state index in [1.54, 1.807) is 31.3 Å². The Labute approximate surface area is 86.8 Å². The van der Waals surface area contributed by atoms with Crippen molar-refractivity contribution in [1.82, 2.24) is 5.32 Å². The second-order valence-electron chi connectivity index (χ2n) is 2.53. The second-order valence-corrected chi connectivity index (χ2v) is 3.40. The molecule has 1 amide bonds. The van der Waals surface area contributed by atoms with Crippen LogP contribution in [0, 0.1) is 0 Å². The molecule has 1 unspecified atom stereocenters. The number of carbonyl (C=O) groups is 1. The summed E-state index contributed by atoms with van der Waals surface area (Å²) in [7, 11) is 1.55. The van der Waals surface area contributed by atoms with Crippen molar-refractivity contribution < 1.29 is 4.79 Å². The van der Waals surface area contributed by atoms with Crippen LogP contribution in [0.15, 0.2) is 24.3 Å². The molecule has 0 aliphatic heterocycles. The fourth-order valence-corrected chi connectivity index (χ4v) is 1.29. The molecule has 0 saturated carbocycles. The Hall–Kier alpha value is -0.730. The van der Waals surface area contributed by atoms with E-state index in [0.717, 1.165) is 5.56 Å². The molecule has 13 heavy (non-hydrogen) atoms. The highest BCUT2D eigenvalue weighted by Crippen LogP contribution is 2.21. The molecule has 0 radical (unpaired) electrons. The van der Waals surface area contributed by atoms with E-state index in [9.17, 15) is 4.79 Å². The Morgan fingerprint density at radius 2 is 1.92 bits per heavy atom. The average Bonchev–Trinajstić information content (AvgIpc) is 2.17. The molecule has 0 aliphatic carbocycles. The number of halogens is 2. The molecule has 2 nitrogen and oxygen atoms in total. The molecule has 4 heteroatoms. The summed E-state index contributed by atoms with van der Waals surface area (Å²) in [4.78, 5) is 11.1. The molecule has 1 N–H and O–H groups in total. The average molecular weight is 218 g/mol. The fourth-order valence-electron chi connectivity index (χ4n) is 0.910. The number of rotatable bonds is 2. The molecule has 0 aliphatic rings. The lowest BCUT2D eigenvalue weighted by molar-refractivity contribution is -0.120. The maximum absolute atomic E-state index is 11.1. The summed E-state index contributed by atoms with van der Waals surface area (Å²) in [6.07, 6.45) is 0. The summed E-state index contributed by atoms with van der Waals surface area (Å²) >= 11 is 11.5. The Kier molecular flexibility index (Phi) is 3.58. The normalized spacial score (nSPS) is 12.2. The van der Waals surface area contributed by atoms with Gasteiger partial charge in [0, 0.05) is 12.1 Å². The first-order valence-corrected chi connectivity index (χ1v) is 4.57. The number of likely N-dealkylation sites (N-methyl/N-ethyl adjacent to an activating group) is 1. The van der Waals surface area contributed by atoms with Gasteiger partial charge in [-0.15, -0.1) is 11.6 Å². The van der Waals surface area contributed by atoms with Crippen LogP contribution in [0.25, 0.3) is 0 Å². The zero-order valence-electron chi connectivity index (χ0n) is 7.05. The van der Waals surface area contributed by atoms with Gasteiger partial charge < -0.3 is 5.32 Å². The van der Waals surface area contributed by atoms with Gasteiger partial charge in [0.15, 0.2) is 0 Å². The first-order chi connectivity index (χ1) is 6.15. The SMILES string of the molecule is CNC(=O)C(Cl)c1ccc(Cl)cc1. The highest BCUT2D eigenvalue weighted by Gasteiger charge is 2.15. The smallest absolute Gasteiger partial charge is 0.242 e. The zero-order valence-corrected chi connectivity index (χ0v) is 8.56. The topological polar surface area (TPSA) is 29.1 Å². The molecule has 1 rings (SSSR count). The van der Waals surface area contributed by atoms with E-state index in [0.29, 0.717) is 5.02 Å². The number of alkyl halides is 1. The molecule has 1 atom stereocenters. The van der Waals surface area contributed by atoms with Crippen molar-refractivity contribution in [3.63, 3.8) is 0 Å². The van der Waals surface area contributed by atoms with Crippen molar-refractivity contribution >= 4 is 29.1 Å². The molecular formula is C9H9Cl2NO. The van der Waals surface area contributed by atoms with Crippen LogP contribution in [0.3, 0.4) is 0 Å². The number of amides is 1. The van der Waals surface area contributed by atoms with Crippen LogP contribution >= 0.6 is 23.2 Å². The van der Waals surface area contributed by atoms with Gasteiger partial charge in [0.25, 0.3) is 0 Å². The molecule has 0 fully saturated rings. The molecule has 0 aromatic heterocycles. The van der Waals surface area contributed by atoms with Crippen molar-refractivity contribution in [3.05, 3.63) is 34.9 Å². The third kappa shape index (κ3) is 2.61. The van der Waals surface area contributed by atoms with Crippen molar-refractivity contribution in [2.75, 3.05) is 7.05 Å². The second kappa shape index (κ2) is 4.49. The van der Waals surface area contributed by atoms with E-state index >= 15 is 0 Å². The van der Waals surface area contributed by atoms with E-state index in [4.69, 9.17) is 23.2 Å². The van der Waals surface area contributed by atoms with Gasteiger partial charge in [-0.25, -0.2) is 0 Å². The summed E-state index contributed by atoms with van der Waals surface area (Å²) in [5, 5.41) is 2.45. The number of benzene rings is 1. The number of hydrogen-bond acceptors (Lipinski definition) is 1. The number of nitrogens with one attached hydrogen (secondary N) is 1. The van der Waals surface area contributed by atoms with Gasteiger partial charge in [0.2, 0.25) is 5.91 Å². The van der Waals surface area contributed by atoms with Crippen LogP contribution in [-0.2, 0) is 4.79 Å². The van der Waals surface area contributed by atoms with Crippen LogP contribution in [0.4, 0.5) is 0 Å². The molecule has 0 saturated heterocycles. The molecule has 1 aromatic carbocycles. The third-order valence-electron chi connectivity index (χ3n) is 1.64. The summed E-state index contributed by atoms with van der Waals surface area (Å²) in [6.45, 7) is 0. The van der Waals surface area contributed by atoms with Gasteiger partial charge in [-0.1, -0.05) is 23.7 Å². The lowest BCUT2D eigenvalue weighted by Gasteiger charge is -2.07. The summed E-state index contributed by atoms with van der Waals surface area (Å²) in [5.74, 6) is -0.219. The van der Waals surface area contributed by atoms with Gasteiger partial charge >= 0.3 is 0 Å². The molecule has 70 valence electrons. The van der Waals surface area contributed by atoms with Gasteiger partial charge in [-0.2, -0.15) is 0 Å². The van der Waals surface area contributed by atoms with Crippen LogP contribution in [0.1, 0.15) is 10.9 Å². The van der Waals surface area contributed by atoms with Crippen LogP contribution in [-0.4, -0.2) is 13.0 Å². The Morgan fingerprint density at radius 3 is 2.38 bits per heavy atom.